The summed E-state index contributed by atoms with van der Waals surface area (Å²) in [6, 6.07) is 17.1. The van der Waals surface area contributed by atoms with Crippen molar-refractivity contribution in [1.29, 1.82) is 0 Å². The van der Waals surface area contributed by atoms with Crippen LogP contribution in [0.3, 0.4) is 0 Å². The normalized spacial score (nSPS) is 16.4. The Morgan fingerprint density at radius 1 is 1.00 bits per heavy atom. The number of nitrogen functional groups attached to an aromatic ring is 1. The third-order valence-corrected chi connectivity index (χ3v) is 4.30. The summed E-state index contributed by atoms with van der Waals surface area (Å²) in [6.07, 6.45) is 2.37. The number of anilines is 2. The standard InChI is InChI=1S/C18H22N2/c1-14-5-4-6-16(13-14)20-11-9-15(10-12-20)17-7-2-3-8-18(17)19/h2-8,13,15H,9-12,19H2,1H3. The van der Waals surface area contributed by atoms with Gasteiger partial charge in [0.1, 0.15) is 0 Å². The van der Waals surface area contributed by atoms with Crippen LogP contribution in [0.4, 0.5) is 11.4 Å². The number of hydrogen-bond acceptors (Lipinski definition) is 2. The van der Waals surface area contributed by atoms with E-state index in [9.17, 15) is 0 Å². The summed E-state index contributed by atoms with van der Waals surface area (Å²) in [7, 11) is 0. The predicted octanol–water partition coefficient (Wildman–Crippen LogP) is 3.96. The largest absolute Gasteiger partial charge is 0.398 e. The minimum atomic E-state index is 0.609. The first kappa shape index (κ1) is 13.0. The van der Waals surface area contributed by atoms with Crippen molar-refractivity contribution in [3.8, 4) is 0 Å². The lowest BCUT2D eigenvalue weighted by atomic mass is 9.88. The Balaban J connectivity index is 1.70. The molecular weight excluding hydrogens is 244 g/mol. The second-order valence-electron chi connectivity index (χ2n) is 5.73. The molecule has 2 aromatic rings. The van der Waals surface area contributed by atoms with E-state index in [1.165, 1.54) is 29.7 Å². The lowest BCUT2D eigenvalue weighted by Crippen LogP contribution is -2.33. The van der Waals surface area contributed by atoms with E-state index < -0.39 is 0 Å². The van der Waals surface area contributed by atoms with Crippen LogP contribution in [0, 0.1) is 6.92 Å². The van der Waals surface area contributed by atoms with Crippen LogP contribution in [-0.4, -0.2) is 13.1 Å². The molecule has 0 atom stereocenters. The lowest BCUT2D eigenvalue weighted by Gasteiger charge is -2.34. The van der Waals surface area contributed by atoms with Gasteiger partial charge in [0.25, 0.3) is 0 Å². The second-order valence-corrected chi connectivity index (χ2v) is 5.73. The number of piperidine rings is 1. The van der Waals surface area contributed by atoms with Crippen molar-refractivity contribution >= 4 is 11.4 Å². The lowest BCUT2D eigenvalue weighted by molar-refractivity contribution is 0.506. The van der Waals surface area contributed by atoms with E-state index in [-0.39, 0.29) is 0 Å². The average Bonchev–Trinajstić information content (AvgIpc) is 2.48. The highest BCUT2D eigenvalue weighted by molar-refractivity contribution is 5.51. The van der Waals surface area contributed by atoms with Gasteiger partial charge < -0.3 is 10.6 Å². The Hall–Kier alpha value is -1.96. The summed E-state index contributed by atoms with van der Waals surface area (Å²) in [5.41, 5.74) is 11.1. The molecule has 104 valence electrons. The Morgan fingerprint density at radius 2 is 1.75 bits per heavy atom. The maximum Gasteiger partial charge on any atom is 0.0368 e. The van der Waals surface area contributed by atoms with Crippen LogP contribution < -0.4 is 10.6 Å². The van der Waals surface area contributed by atoms with Crippen LogP contribution in [0.2, 0.25) is 0 Å². The van der Waals surface area contributed by atoms with E-state index in [2.05, 4.69) is 48.2 Å². The van der Waals surface area contributed by atoms with Crippen molar-refractivity contribution in [2.75, 3.05) is 23.7 Å². The molecule has 0 aromatic heterocycles. The highest BCUT2D eigenvalue weighted by Crippen LogP contribution is 2.33. The molecule has 1 aliphatic heterocycles. The fourth-order valence-corrected chi connectivity index (χ4v) is 3.16. The average molecular weight is 266 g/mol. The second kappa shape index (κ2) is 5.58. The van der Waals surface area contributed by atoms with Crippen LogP contribution in [-0.2, 0) is 0 Å². The van der Waals surface area contributed by atoms with Crippen molar-refractivity contribution < 1.29 is 0 Å². The zero-order valence-electron chi connectivity index (χ0n) is 12.0. The summed E-state index contributed by atoms with van der Waals surface area (Å²) in [5, 5.41) is 0. The van der Waals surface area contributed by atoms with Crippen LogP contribution in [0.25, 0.3) is 0 Å². The maximum absolute atomic E-state index is 6.10. The zero-order chi connectivity index (χ0) is 13.9. The first-order valence-electron chi connectivity index (χ1n) is 7.40. The van der Waals surface area contributed by atoms with Crippen LogP contribution >= 0.6 is 0 Å². The summed E-state index contributed by atoms with van der Waals surface area (Å²) in [4.78, 5) is 2.49. The molecule has 2 N–H and O–H groups in total. The molecule has 3 rings (SSSR count). The number of aryl methyl sites for hydroxylation is 1. The quantitative estimate of drug-likeness (QED) is 0.834. The SMILES string of the molecule is Cc1cccc(N2CCC(c3ccccc3N)CC2)c1. The van der Waals surface area contributed by atoms with Crippen molar-refractivity contribution in [1.82, 2.24) is 0 Å². The van der Waals surface area contributed by atoms with E-state index in [0.29, 0.717) is 5.92 Å². The summed E-state index contributed by atoms with van der Waals surface area (Å²) in [5.74, 6) is 0.609. The first-order chi connectivity index (χ1) is 9.74. The van der Waals surface area contributed by atoms with Crippen molar-refractivity contribution in [2.24, 2.45) is 0 Å². The molecule has 0 saturated carbocycles. The van der Waals surface area contributed by atoms with Crippen LogP contribution in [0.15, 0.2) is 48.5 Å². The fraction of sp³-hybridized carbons (Fsp3) is 0.333. The van der Waals surface area contributed by atoms with E-state index in [1.807, 2.05) is 12.1 Å². The summed E-state index contributed by atoms with van der Waals surface area (Å²) >= 11 is 0. The molecule has 0 unspecified atom stereocenters. The molecule has 1 heterocycles. The number of rotatable bonds is 2. The number of hydrogen-bond donors (Lipinski definition) is 1. The molecule has 0 bridgehead atoms. The Bertz CT molecular complexity index is 583. The van der Waals surface area contributed by atoms with Crippen molar-refractivity contribution in [3.05, 3.63) is 59.7 Å². The van der Waals surface area contributed by atoms with E-state index in [4.69, 9.17) is 5.73 Å². The molecule has 2 heteroatoms. The van der Waals surface area contributed by atoms with Gasteiger partial charge in [-0.05, 0) is 55.0 Å². The number of nitrogens with two attached hydrogens (primary N) is 1. The molecule has 1 fully saturated rings. The molecular formula is C18H22N2. The fourth-order valence-electron chi connectivity index (χ4n) is 3.16. The van der Waals surface area contributed by atoms with Gasteiger partial charge in [-0.3, -0.25) is 0 Å². The first-order valence-corrected chi connectivity index (χ1v) is 7.40. The van der Waals surface area contributed by atoms with Crippen molar-refractivity contribution in [3.63, 3.8) is 0 Å². The molecule has 0 radical (unpaired) electrons. The van der Waals surface area contributed by atoms with Crippen LogP contribution in [0.1, 0.15) is 29.9 Å². The number of nitrogens with zero attached hydrogens (tertiary/aromatic N) is 1. The predicted molar refractivity (Wildman–Crippen MR) is 86.2 cm³/mol. The number of para-hydroxylation sites is 1. The summed E-state index contributed by atoms with van der Waals surface area (Å²) in [6.45, 7) is 4.38. The Labute approximate surface area is 121 Å². The van der Waals surface area contributed by atoms with E-state index in [1.54, 1.807) is 0 Å². The maximum atomic E-state index is 6.10. The highest BCUT2D eigenvalue weighted by atomic mass is 15.1. The monoisotopic (exact) mass is 266 g/mol. The highest BCUT2D eigenvalue weighted by Gasteiger charge is 2.21. The van der Waals surface area contributed by atoms with Gasteiger partial charge in [-0.2, -0.15) is 0 Å². The van der Waals surface area contributed by atoms with Crippen LogP contribution in [0.5, 0.6) is 0 Å². The third kappa shape index (κ3) is 2.64. The molecule has 20 heavy (non-hydrogen) atoms. The van der Waals surface area contributed by atoms with E-state index in [0.717, 1.165) is 18.8 Å². The number of benzene rings is 2. The summed E-state index contributed by atoms with van der Waals surface area (Å²) < 4.78 is 0. The molecule has 0 spiro atoms. The van der Waals surface area contributed by atoms with Gasteiger partial charge in [-0.25, -0.2) is 0 Å². The zero-order valence-corrected chi connectivity index (χ0v) is 12.0. The molecule has 2 nitrogen and oxygen atoms in total. The van der Waals surface area contributed by atoms with Gasteiger partial charge in [0.05, 0.1) is 0 Å². The smallest absolute Gasteiger partial charge is 0.0368 e. The Morgan fingerprint density at radius 3 is 2.45 bits per heavy atom. The molecule has 1 saturated heterocycles. The topological polar surface area (TPSA) is 29.3 Å². The van der Waals surface area contributed by atoms with Gasteiger partial charge >= 0.3 is 0 Å². The molecule has 0 amide bonds. The van der Waals surface area contributed by atoms with Gasteiger partial charge in [-0.1, -0.05) is 30.3 Å². The van der Waals surface area contributed by atoms with Crippen molar-refractivity contribution in [2.45, 2.75) is 25.7 Å². The Kier molecular flexibility index (Phi) is 3.64. The van der Waals surface area contributed by atoms with Gasteiger partial charge in [0.15, 0.2) is 0 Å². The van der Waals surface area contributed by atoms with Gasteiger partial charge in [0.2, 0.25) is 0 Å². The molecule has 2 aromatic carbocycles. The van der Waals surface area contributed by atoms with Gasteiger partial charge in [-0.15, -0.1) is 0 Å². The third-order valence-electron chi connectivity index (χ3n) is 4.30. The minimum Gasteiger partial charge on any atom is -0.398 e. The molecule has 1 aliphatic rings. The minimum absolute atomic E-state index is 0.609. The molecule has 0 aliphatic carbocycles. The van der Waals surface area contributed by atoms with Gasteiger partial charge in [0, 0.05) is 24.5 Å². The van der Waals surface area contributed by atoms with E-state index >= 15 is 0 Å².